The number of piperazine rings is 1. The highest BCUT2D eigenvalue weighted by molar-refractivity contribution is 7.99. The average molecular weight is 319 g/mol. The van der Waals surface area contributed by atoms with E-state index in [4.69, 9.17) is 0 Å². The van der Waals surface area contributed by atoms with Crippen LogP contribution in [0.1, 0.15) is 24.1 Å². The van der Waals surface area contributed by atoms with E-state index >= 15 is 0 Å². The smallest absolute Gasteiger partial charge is 0.232 e. The van der Waals surface area contributed by atoms with Crippen LogP contribution in [0.4, 0.5) is 0 Å². The Morgan fingerprint density at radius 1 is 1.32 bits per heavy atom. The van der Waals surface area contributed by atoms with Gasteiger partial charge in [0.2, 0.25) is 5.91 Å². The molecule has 1 aromatic heterocycles. The zero-order chi connectivity index (χ0) is 15.4. The fourth-order valence-electron chi connectivity index (χ4n) is 2.74. The highest BCUT2D eigenvalue weighted by Crippen LogP contribution is 2.32. The lowest BCUT2D eigenvalue weighted by molar-refractivity contribution is -0.130. The van der Waals surface area contributed by atoms with Crippen LogP contribution >= 0.6 is 11.8 Å². The monoisotopic (exact) mass is 319 g/mol. The molecule has 0 radical (unpaired) electrons. The Labute approximate surface area is 137 Å². The van der Waals surface area contributed by atoms with Gasteiger partial charge >= 0.3 is 0 Å². The van der Waals surface area contributed by atoms with Crippen molar-refractivity contribution in [3.05, 3.63) is 29.6 Å². The number of hydrogen-bond acceptors (Lipinski definition) is 4. The van der Waals surface area contributed by atoms with Crippen LogP contribution < -0.4 is 0 Å². The molecule has 120 valence electrons. The van der Waals surface area contributed by atoms with E-state index in [1.165, 1.54) is 24.2 Å². The first kappa shape index (κ1) is 15.8. The molecule has 1 aromatic rings. The van der Waals surface area contributed by atoms with E-state index in [2.05, 4.69) is 22.9 Å². The fraction of sp³-hybridized carbons (Fsp3) is 0.647. The van der Waals surface area contributed by atoms with Crippen molar-refractivity contribution in [2.24, 2.45) is 5.92 Å². The second-order valence-electron chi connectivity index (χ2n) is 6.38. The molecule has 22 heavy (non-hydrogen) atoms. The molecule has 2 heterocycles. The Kier molecular flexibility index (Phi) is 5.37. The van der Waals surface area contributed by atoms with Crippen molar-refractivity contribution in [1.29, 1.82) is 0 Å². The summed E-state index contributed by atoms with van der Waals surface area (Å²) in [6, 6.07) is 4.09. The van der Waals surface area contributed by atoms with Gasteiger partial charge in [-0.05, 0) is 43.1 Å². The molecule has 1 amide bonds. The maximum Gasteiger partial charge on any atom is 0.232 e. The first-order chi connectivity index (χ1) is 10.7. The van der Waals surface area contributed by atoms with E-state index in [0.29, 0.717) is 11.7 Å². The van der Waals surface area contributed by atoms with Crippen molar-refractivity contribution in [2.45, 2.75) is 26.3 Å². The number of hydrogen-bond donors (Lipinski definition) is 0. The van der Waals surface area contributed by atoms with E-state index in [-0.39, 0.29) is 0 Å². The van der Waals surface area contributed by atoms with Gasteiger partial charge in [-0.3, -0.25) is 14.7 Å². The first-order valence-electron chi connectivity index (χ1n) is 8.21. The van der Waals surface area contributed by atoms with Crippen LogP contribution in [0.2, 0.25) is 0 Å². The minimum absolute atomic E-state index is 0.319. The van der Waals surface area contributed by atoms with Crippen LogP contribution in [0.5, 0.6) is 0 Å². The quantitative estimate of drug-likeness (QED) is 0.805. The lowest BCUT2D eigenvalue weighted by Crippen LogP contribution is -2.49. The van der Waals surface area contributed by atoms with Crippen molar-refractivity contribution in [2.75, 3.05) is 37.7 Å². The second-order valence-corrected chi connectivity index (χ2v) is 7.41. The van der Waals surface area contributed by atoms with Crippen LogP contribution in [0, 0.1) is 12.8 Å². The number of pyridine rings is 1. The van der Waals surface area contributed by atoms with Crippen molar-refractivity contribution in [3.8, 4) is 0 Å². The van der Waals surface area contributed by atoms with Gasteiger partial charge in [0.25, 0.3) is 0 Å². The summed E-state index contributed by atoms with van der Waals surface area (Å²) < 4.78 is 0. The number of nitrogens with zero attached hydrogens (tertiary/aromatic N) is 3. The van der Waals surface area contributed by atoms with Gasteiger partial charge in [0, 0.05) is 38.9 Å². The molecule has 4 nitrogen and oxygen atoms in total. The summed E-state index contributed by atoms with van der Waals surface area (Å²) in [5.41, 5.74) is 2.40. The van der Waals surface area contributed by atoms with E-state index in [1.807, 2.05) is 28.9 Å². The Bertz CT molecular complexity index is 510. The summed E-state index contributed by atoms with van der Waals surface area (Å²) in [5, 5.41) is 0. The van der Waals surface area contributed by atoms with E-state index in [0.717, 1.165) is 44.3 Å². The third-order valence-corrected chi connectivity index (χ3v) is 5.65. The summed E-state index contributed by atoms with van der Waals surface area (Å²) in [5.74, 6) is 3.05. The molecule has 0 spiro atoms. The summed E-state index contributed by atoms with van der Waals surface area (Å²) >= 11 is 1.82. The largest absolute Gasteiger partial charge is 0.339 e. The highest BCUT2D eigenvalue weighted by atomic mass is 32.2. The molecule has 5 heteroatoms. The van der Waals surface area contributed by atoms with Crippen LogP contribution in [0.3, 0.4) is 0 Å². The number of amides is 1. The summed E-state index contributed by atoms with van der Waals surface area (Å²) in [6.45, 7) is 6.62. The van der Waals surface area contributed by atoms with Crippen molar-refractivity contribution >= 4 is 17.7 Å². The Balaban J connectivity index is 1.39. The molecule has 1 saturated heterocycles. The fourth-order valence-corrected chi connectivity index (χ4v) is 3.88. The van der Waals surface area contributed by atoms with Crippen LogP contribution in [-0.4, -0.2) is 58.4 Å². The molecule has 0 atom stereocenters. The molecule has 0 N–H and O–H groups in total. The maximum atomic E-state index is 12.2. The van der Waals surface area contributed by atoms with Crippen molar-refractivity contribution in [1.82, 2.24) is 14.8 Å². The summed E-state index contributed by atoms with van der Waals surface area (Å²) in [4.78, 5) is 21.1. The van der Waals surface area contributed by atoms with Crippen LogP contribution in [0.15, 0.2) is 18.3 Å². The Morgan fingerprint density at radius 2 is 2.09 bits per heavy atom. The number of carbonyl (C=O) groups is 1. The van der Waals surface area contributed by atoms with Gasteiger partial charge in [0.1, 0.15) is 0 Å². The zero-order valence-corrected chi connectivity index (χ0v) is 14.1. The molecule has 0 bridgehead atoms. The number of aryl methyl sites for hydroxylation is 1. The van der Waals surface area contributed by atoms with Crippen LogP contribution in [0.25, 0.3) is 0 Å². The normalized spacial score (nSPS) is 19.4. The minimum atomic E-state index is 0.319. The standard InChI is InChI=1S/C17H25N3OS/c1-14-3-2-6-18-16(14)11-19-7-9-20(10-8-19)17(21)13-22-12-15-4-5-15/h2-3,6,15H,4-5,7-13H2,1H3. The van der Waals surface area contributed by atoms with Gasteiger partial charge in [0.15, 0.2) is 0 Å². The van der Waals surface area contributed by atoms with Gasteiger partial charge < -0.3 is 4.90 Å². The number of carbonyl (C=O) groups excluding carboxylic acids is 1. The van der Waals surface area contributed by atoms with Gasteiger partial charge in [-0.25, -0.2) is 0 Å². The van der Waals surface area contributed by atoms with Crippen molar-refractivity contribution in [3.63, 3.8) is 0 Å². The predicted octanol–water partition coefficient (Wildman–Crippen LogP) is 2.18. The molecule has 0 aromatic carbocycles. The average Bonchev–Trinajstić information content (AvgIpc) is 3.34. The number of thioether (sulfide) groups is 1. The summed E-state index contributed by atoms with van der Waals surface area (Å²) in [7, 11) is 0. The lowest BCUT2D eigenvalue weighted by Gasteiger charge is -2.34. The topological polar surface area (TPSA) is 36.4 Å². The molecule has 1 aliphatic heterocycles. The molecule has 2 fully saturated rings. The SMILES string of the molecule is Cc1cccnc1CN1CCN(C(=O)CSCC2CC2)CC1. The third-order valence-electron chi connectivity index (χ3n) is 4.49. The van der Waals surface area contributed by atoms with Crippen LogP contribution in [-0.2, 0) is 11.3 Å². The molecule has 0 unspecified atom stereocenters. The van der Waals surface area contributed by atoms with E-state index in [9.17, 15) is 4.79 Å². The first-order valence-corrected chi connectivity index (χ1v) is 9.36. The van der Waals surface area contributed by atoms with Gasteiger partial charge in [-0.2, -0.15) is 11.8 Å². The highest BCUT2D eigenvalue weighted by Gasteiger charge is 2.24. The third kappa shape index (κ3) is 4.46. The zero-order valence-electron chi connectivity index (χ0n) is 13.3. The van der Waals surface area contributed by atoms with Gasteiger partial charge in [-0.1, -0.05) is 6.07 Å². The Morgan fingerprint density at radius 3 is 2.77 bits per heavy atom. The second kappa shape index (κ2) is 7.47. The Hall–Kier alpha value is -1.07. The number of aromatic nitrogens is 1. The van der Waals surface area contributed by atoms with Gasteiger partial charge in [0.05, 0.1) is 11.4 Å². The van der Waals surface area contributed by atoms with E-state index in [1.54, 1.807) is 0 Å². The summed E-state index contributed by atoms with van der Waals surface area (Å²) in [6.07, 6.45) is 4.60. The molecular weight excluding hydrogens is 294 g/mol. The van der Waals surface area contributed by atoms with Gasteiger partial charge in [-0.15, -0.1) is 0 Å². The molecule has 2 aliphatic rings. The van der Waals surface area contributed by atoms with E-state index < -0.39 is 0 Å². The number of rotatable bonds is 6. The molecule has 1 aliphatic carbocycles. The lowest BCUT2D eigenvalue weighted by atomic mass is 10.2. The maximum absolute atomic E-state index is 12.2. The minimum Gasteiger partial charge on any atom is -0.339 e. The molecular formula is C17H25N3OS. The molecule has 3 rings (SSSR count). The predicted molar refractivity (Wildman–Crippen MR) is 90.9 cm³/mol. The molecule has 1 saturated carbocycles. The van der Waals surface area contributed by atoms with Crippen molar-refractivity contribution < 1.29 is 4.79 Å².